The summed E-state index contributed by atoms with van der Waals surface area (Å²) in [5, 5.41) is 14.7. The summed E-state index contributed by atoms with van der Waals surface area (Å²) in [6.45, 7) is 0. The van der Waals surface area contributed by atoms with Crippen LogP contribution < -0.4 is 0 Å². The second kappa shape index (κ2) is 4.79. The zero-order valence-corrected chi connectivity index (χ0v) is 8.19. The summed E-state index contributed by atoms with van der Waals surface area (Å²) >= 11 is 0. The minimum atomic E-state index is 0.891. The molecule has 0 aromatic carbocycles. The quantitative estimate of drug-likeness (QED) is 0.679. The first-order chi connectivity index (χ1) is 6.97. The van der Waals surface area contributed by atoms with Crippen LogP contribution in [0.4, 0.5) is 0 Å². The van der Waals surface area contributed by atoms with E-state index in [-0.39, 0.29) is 0 Å². The Bertz CT molecular complexity index is 307. The van der Waals surface area contributed by atoms with Gasteiger partial charge in [0.05, 0.1) is 6.20 Å². The molecule has 2 rings (SSSR count). The highest BCUT2D eigenvalue weighted by Crippen LogP contribution is 2.22. The van der Waals surface area contributed by atoms with Crippen LogP contribution in [-0.4, -0.2) is 20.6 Å². The van der Waals surface area contributed by atoms with Gasteiger partial charge in [-0.1, -0.05) is 18.9 Å². The van der Waals surface area contributed by atoms with Crippen molar-refractivity contribution < 1.29 is 0 Å². The molecular weight excluding hydrogens is 176 g/mol. The van der Waals surface area contributed by atoms with E-state index in [0.717, 1.165) is 18.5 Å². The standard InChI is InChI=1S/C10H14N4/c1-2-4-6-9(7-5-3-1)10-8-11-13-14-12-10/h6,8H,1-5,7H2. The SMILES string of the molecule is C1=C(c2cnnnn2)CCCCCC1. The third kappa shape index (κ3) is 2.34. The Labute approximate surface area is 83.4 Å². The lowest BCUT2D eigenvalue weighted by atomic mass is 9.98. The zero-order valence-electron chi connectivity index (χ0n) is 8.19. The third-order valence-electron chi connectivity index (χ3n) is 2.54. The predicted octanol–water partition coefficient (Wildman–Crippen LogP) is 2.00. The van der Waals surface area contributed by atoms with E-state index in [1.807, 2.05) is 0 Å². The molecular formula is C10H14N4. The number of nitrogens with zero attached hydrogens (tertiary/aromatic N) is 4. The molecule has 0 N–H and O–H groups in total. The van der Waals surface area contributed by atoms with Gasteiger partial charge < -0.3 is 0 Å². The fourth-order valence-electron chi connectivity index (χ4n) is 1.77. The van der Waals surface area contributed by atoms with Crippen LogP contribution in [0.5, 0.6) is 0 Å². The Kier molecular flexibility index (Phi) is 3.16. The van der Waals surface area contributed by atoms with E-state index in [2.05, 4.69) is 26.7 Å². The van der Waals surface area contributed by atoms with Gasteiger partial charge in [0, 0.05) is 0 Å². The fraction of sp³-hybridized carbons (Fsp3) is 0.600. The van der Waals surface area contributed by atoms with Gasteiger partial charge in [-0.15, -0.1) is 10.2 Å². The first-order valence-corrected chi connectivity index (χ1v) is 5.17. The minimum Gasteiger partial charge on any atom is -0.135 e. The van der Waals surface area contributed by atoms with Crippen molar-refractivity contribution in [2.24, 2.45) is 0 Å². The van der Waals surface area contributed by atoms with Gasteiger partial charge in [-0.2, -0.15) is 0 Å². The molecule has 1 heterocycles. The van der Waals surface area contributed by atoms with Crippen molar-refractivity contribution in [2.75, 3.05) is 0 Å². The normalized spacial score (nSPS) is 18.1. The predicted molar refractivity (Wildman–Crippen MR) is 53.3 cm³/mol. The summed E-state index contributed by atoms with van der Waals surface area (Å²) in [6.07, 6.45) is 11.4. The molecule has 0 amide bonds. The monoisotopic (exact) mass is 190 g/mol. The molecule has 1 aromatic rings. The molecule has 1 aliphatic rings. The summed E-state index contributed by atoms with van der Waals surface area (Å²) in [4.78, 5) is 0. The average Bonchev–Trinajstić information content (AvgIpc) is 2.18. The van der Waals surface area contributed by atoms with Crippen molar-refractivity contribution in [1.82, 2.24) is 20.6 Å². The Morgan fingerprint density at radius 1 is 1.00 bits per heavy atom. The molecule has 0 aliphatic heterocycles. The van der Waals surface area contributed by atoms with E-state index in [1.54, 1.807) is 6.20 Å². The Balaban J connectivity index is 2.15. The van der Waals surface area contributed by atoms with Crippen LogP contribution in [0.1, 0.15) is 44.2 Å². The molecule has 0 bridgehead atoms. The van der Waals surface area contributed by atoms with Gasteiger partial charge in [-0.25, -0.2) is 0 Å². The van der Waals surface area contributed by atoms with Gasteiger partial charge in [0.1, 0.15) is 5.69 Å². The van der Waals surface area contributed by atoms with Gasteiger partial charge in [-0.05, 0) is 41.7 Å². The lowest BCUT2D eigenvalue weighted by Crippen LogP contribution is -1.98. The Morgan fingerprint density at radius 3 is 2.79 bits per heavy atom. The maximum absolute atomic E-state index is 3.98. The topological polar surface area (TPSA) is 51.6 Å². The number of rotatable bonds is 1. The first-order valence-electron chi connectivity index (χ1n) is 5.17. The molecule has 0 saturated heterocycles. The molecule has 0 saturated carbocycles. The molecule has 0 fully saturated rings. The van der Waals surface area contributed by atoms with E-state index < -0.39 is 0 Å². The summed E-state index contributed by atoms with van der Waals surface area (Å²) < 4.78 is 0. The van der Waals surface area contributed by atoms with E-state index in [9.17, 15) is 0 Å². The average molecular weight is 190 g/mol. The van der Waals surface area contributed by atoms with Crippen molar-refractivity contribution in [3.8, 4) is 0 Å². The zero-order chi connectivity index (χ0) is 9.64. The van der Waals surface area contributed by atoms with Crippen LogP contribution in [-0.2, 0) is 0 Å². The van der Waals surface area contributed by atoms with E-state index in [0.29, 0.717) is 0 Å². The molecule has 0 atom stereocenters. The number of hydrogen-bond acceptors (Lipinski definition) is 4. The van der Waals surface area contributed by atoms with Crippen molar-refractivity contribution >= 4 is 5.57 Å². The van der Waals surface area contributed by atoms with Gasteiger partial charge in [-0.3, -0.25) is 0 Å². The van der Waals surface area contributed by atoms with Crippen LogP contribution in [0.15, 0.2) is 12.3 Å². The Hall–Kier alpha value is -1.32. The Morgan fingerprint density at radius 2 is 1.93 bits per heavy atom. The first kappa shape index (κ1) is 9.24. The van der Waals surface area contributed by atoms with Crippen LogP contribution >= 0.6 is 0 Å². The largest absolute Gasteiger partial charge is 0.135 e. The summed E-state index contributed by atoms with van der Waals surface area (Å²) in [5.74, 6) is 0. The molecule has 74 valence electrons. The summed E-state index contributed by atoms with van der Waals surface area (Å²) in [5.41, 5.74) is 2.18. The maximum Gasteiger partial charge on any atom is 0.111 e. The highest BCUT2D eigenvalue weighted by Gasteiger charge is 2.06. The van der Waals surface area contributed by atoms with Crippen LogP contribution in [0, 0.1) is 0 Å². The smallest absolute Gasteiger partial charge is 0.111 e. The van der Waals surface area contributed by atoms with Crippen molar-refractivity contribution in [3.63, 3.8) is 0 Å². The van der Waals surface area contributed by atoms with Gasteiger partial charge in [0.15, 0.2) is 0 Å². The second-order valence-electron chi connectivity index (χ2n) is 3.59. The van der Waals surface area contributed by atoms with Crippen molar-refractivity contribution in [3.05, 3.63) is 18.0 Å². The van der Waals surface area contributed by atoms with Crippen molar-refractivity contribution in [1.29, 1.82) is 0 Å². The lowest BCUT2D eigenvalue weighted by molar-refractivity contribution is 0.640. The van der Waals surface area contributed by atoms with E-state index in [4.69, 9.17) is 0 Å². The van der Waals surface area contributed by atoms with E-state index >= 15 is 0 Å². The van der Waals surface area contributed by atoms with Gasteiger partial charge in [0.2, 0.25) is 0 Å². The molecule has 0 unspecified atom stereocenters. The van der Waals surface area contributed by atoms with E-state index in [1.165, 1.54) is 31.3 Å². The van der Waals surface area contributed by atoms with Crippen LogP contribution in [0.3, 0.4) is 0 Å². The highest BCUT2D eigenvalue weighted by atomic mass is 15.4. The second-order valence-corrected chi connectivity index (χ2v) is 3.59. The number of hydrogen-bond donors (Lipinski definition) is 0. The molecule has 14 heavy (non-hydrogen) atoms. The number of aromatic nitrogens is 4. The highest BCUT2D eigenvalue weighted by molar-refractivity contribution is 5.61. The fourth-order valence-corrected chi connectivity index (χ4v) is 1.77. The molecule has 0 spiro atoms. The van der Waals surface area contributed by atoms with Crippen LogP contribution in [0.25, 0.3) is 5.57 Å². The molecule has 0 radical (unpaired) electrons. The summed E-state index contributed by atoms with van der Waals surface area (Å²) in [6, 6.07) is 0. The lowest BCUT2D eigenvalue weighted by Gasteiger charge is -2.09. The summed E-state index contributed by atoms with van der Waals surface area (Å²) in [7, 11) is 0. The van der Waals surface area contributed by atoms with Gasteiger partial charge in [0.25, 0.3) is 0 Å². The van der Waals surface area contributed by atoms with Crippen LogP contribution in [0.2, 0.25) is 0 Å². The molecule has 1 aromatic heterocycles. The third-order valence-corrected chi connectivity index (χ3v) is 2.54. The van der Waals surface area contributed by atoms with Crippen molar-refractivity contribution in [2.45, 2.75) is 38.5 Å². The number of allylic oxidation sites excluding steroid dienone is 2. The molecule has 1 aliphatic carbocycles. The molecule has 4 heteroatoms. The van der Waals surface area contributed by atoms with Gasteiger partial charge >= 0.3 is 0 Å². The molecule has 4 nitrogen and oxygen atoms in total. The minimum absolute atomic E-state index is 0.891. The maximum atomic E-state index is 3.98.